The maximum absolute atomic E-state index is 12.7. The number of para-hydroxylation sites is 1. The summed E-state index contributed by atoms with van der Waals surface area (Å²) >= 11 is 1.72. The first-order valence-electron chi connectivity index (χ1n) is 10.9. The number of rotatable bonds is 5. The van der Waals surface area contributed by atoms with E-state index in [4.69, 9.17) is 4.98 Å². The van der Waals surface area contributed by atoms with E-state index in [1.807, 2.05) is 35.3 Å². The van der Waals surface area contributed by atoms with Crippen LogP contribution in [0.3, 0.4) is 0 Å². The smallest absolute Gasteiger partial charge is 0.233 e. The molecule has 2 saturated heterocycles. The predicted molar refractivity (Wildman–Crippen MR) is 118 cm³/mol. The number of imide groups is 1. The van der Waals surface area contributed by atoms with E-state index in [0.29, 0.717) is 25.9 Å². The minimum absolute atomic E-state index is 0.0215. The predicted octanol–water partition coefficient (Wildman–Crippen LogP) is 2.28. The molecule has 0 saturated carbocycles. The first kappa shape index (κ1) is 20.3. The topological polar surface area (TPSA) is 73.8 Å². The summed E-state index contributed by atoms with van der Waals surface area (Å²) in [7, 11) is 0. The molecule has 2 fully saturated rings. The quantitative estimate of drug-likeness (QED) is 0.529. The molecule has 0 N–H and O–H groups in total. The zero-order chi connectivity index (χ0) is 21.4. The molecule has 0 spiro atoms. The molecule has 8 heteroatoms. The van der Waals surface area contributed by atoms with Gasteiger partial charge in [0.1, 0.15) is 5.01 Å². The van der Waals surface area contributed by atoms with Gasteiger partial charge in [0.2, 0.25) is 17.7 Å². The van der Waals surface area contributed by atoms with E-state index < -0.39 is 0 Å². The van der Waals surface area contributed by atoms with Crippen molar-refractivity contribution < 1.29 is 14.4 Å². The molecule has 0 bridgehead atoms. The number of hydrogen-bond acceptors (Lipinski definition) is 6. The van der Waals surface area contributed by atoms with E-state index in [1.54, 1.807) is 11.3 Å². The number of likely N-dealkylation sites (tertiary alicyclic amines) is 1. The van der Waals surface area contributed by atoms with Crippen molar-refractivity contribution in [3.63, 3.8) is 0 Å². The Labute approximate surface area is 185 Å². The van der Waals surface area contributed by atoms with Crippen molar-refractivity contribution in [1.29, 1.82) is 0 Å². The maximum Gasteiger partial charge on any atom is 0.233 e. The average Bonchev–Trinajstić information content (AvgIpc) is 3.31. The van der Waals surface area contributed by atoms with Gasteiger partial charge in [-0.1, -0.05) is 24.3 Å². The van der Waals surface area contributed by atoms with Crippen LogP contribution in [-0.2, 0) is 20.9 Å². The van der Waals surface area contributed by atoms with Crippen molar-refractivity contribution in [2.75, 3.05) is 32.7 Å². The third-order valence-corrected chi connectivity index (χ3v) is 7.59. The number of carbonyl (C=O) groups is 3. The Morgan fingerprint density at radius 1 is 1.00 bits per heavy atom. The Morgan fingerprint density at radius 2 is 1.68 bits per heavy atom. The lowest BCUT2D eigenvalue weighted by molar-refractivity contribution is -0.141. The third kappa shape index (κ3) is 4.02. The van der Waals surface area contributed by atoms with Crippen LogP contribution in [-0.4, -0.2) is 70.1 Å². The molecule has 7 nitrogen and oxygen atoms in total. The first-order chi connectivity index (χ1) is 15.1. The SMILES string of the molecule is O=C(CCN1C(=O)C2CC=CCC2C1=O)N1CCN(Cc2nc3ccccc3s2)CC1. The summed E-state index contributed by atoms with van der Waals surface area (Å²) in [5, 5.41) is 1.10. The largest absolute Gasteiger partial charge is 0.340 e. The van der Waals surface area contributed by atoms with E-state index in [9.17, 15) is 14.4 Å². The Bertz CT molecular complexity index is 981. The second kappa shape index (κ2) is 8.51. The molecule has 1 aromatic carbocycles. The molecule has 3 aliphatic rings. The van der Waals surface area contributed by atoms with Gasteiger partial charge in [0, 0.05) is 39.1 Å². The molecular formula is C23H26N4O3S. The summed E-state index contributed by atoms with van der Waals surface area (Å²) < 4.78 is 1.20. The van der Waals surface area contributed by atoms with Crippen molar-refractivity contribution in [3.05, 3.63) is 41.4 Å². The van der Waals surface area contributed by atoms with Crippen molar-refractivity contribution in [3.8, 4) is 0 Å². The molecular weight excluding hydrogens is 412 g/mol. The normalized spacial score (nSPS) is 24.3. The van der Waals surface area contributed by atoms with E-state index >= 15 is 0 Å². The summed E-state index contributed by atoms with van der Waals surface area (Å²) in [6, 6.07) is 8.16. The van der Waals surface area contributed by atoms with Gasteiger partial charge < -0.3 is 4.90 Å². The zero-order valence-corrected chi connectivity index (χ0v) is 18.2. The van der Waals surface area contributed by atoms with Gasteiger partial charge in [-0.2, -0.15) is 0 Å². The number of piperazine rings is 1. The second-order valence-electron chi connectivity index (χ2n) is 8.47. The molecule has 1 aliphatic carbocycles. The van der Waals surface area contributed by atoms with Gasteiger partial charge in [0.25, 0.3) is 0 Å². The van der Waals surface area contributed by atoms with Crippen LogP contribution in [0.4, 0.5) is 0 Å². The van der Waals surface area contributed by atoms with Gasteiger partial charge in [-0.25, -0.2) is 4.98 Å². The summed E-state index contributed by atoms with van der Waals surface area (Å²) in [6.07, 6.45) is 5.44. The highest BCUT2D eigenvalue weighted by molar-refractivity contribution is 7.18. The molecule has 2 unspecified atom stereocenters. The number of benzene rings is 1. The van der Waals surface area contributed by atoms with E-state index in [0.717, 1.165) is 30.2 Å². The number of thiazole rings is 1. The van der Waals surface area contributed by atoms with Gasteiger partial charge in [-0.05, 0) is 25.0 Å². The number of fused-ring (bicyclic) bond motifs is 2. The lowest BCUT2D eigenvalue weighted by Crippen LogP contribution is -2.49. The van der Waals surface area contributed by atoms with Gasteiger partial charge in [-0.3, -0.25) is 24.2 Å². The molecule has 2 atom stereocenters. The highest BCUT2D eigenvalue weighted by Crippen LogP contribution is 2.35. The zero-order valence-electron chi connectivity index (χ0n) is 17.4. The summed E-state index contributed by atoms with van der Waals surface area (Å²) in [5.74, 6) is -0.633. The minimum Gasteiger partial charge on any atom is -0.340 e. The number of nitrogens with zero attached hydrogens (tertiary/aromatic N) is 4. The number of allylic oxidation sites excluding steroid dienone is 2. The average molecular weight is 439 g/mol. The highest BCUT2D eigenvalue weighted by atomic mass is 32.1. The molecule has 162 valence electrons. The van der Waals surface area contributed by atoms with Crippen molar-refractivity contribution in [2.24, 2.45) is 11.8 Å². The fraction of sp³-hybridized carbons (Fsp3) is 0.478. The van der Waals surface area contributed by atoms with E-state index in [-0.39, 0.29) is 42.5 Å². The Kier molecular flexibility index (Phi) is 5.58. The summed E-state index contributed by atoms with van der Waals surface area (Å²) in [4.78, 5) is 48.0. The fourth-order valence-corrected chi connectivity index (χ4v) is 5.80. The lowest BCUT2D eigenvalue weighted by Gasteiger charge is -2.34. The Hall–Kier alpha value is -2.58. The summed E-state index contributed by atoms with van der Waals surface area (Å²) in [6.45, 7) is 3.95. The highest BCUT2D eigenvalue weighted by Gasteiger charge is 2.47. The molecule has 5 rings (SSSR count). The van der Waals surface area contributed by atoms with Gasteiger partial charge in [0.15, 0.2) is 0 Å². The monoisotopic (exact) mass is 438 g/mol. The number of amides is 3. The van der Waals surface area contributed by atoms with E-state index in [1.165, 1.54) is 9.60 Å². The molecule has 0 radical (unpaired) electrons. The van der Waals surface area contributed by atoms with Crippen molar-refractivity contribution in [1.82, 2.24) is 19.7 Å². The van der Waals surface area contributed by atoms with Crippen LogP contribution < -0.4 is 0 Å². The van der Waals surface area contributed by atoms with Crippen LogP contribution in [0.2, 0.25) is 0 Å². The van der Waals surface area contributed by atoms with E-state index in [2.05, 4.69) is 11.0 Å². The summed E-state index contributed by atoms with van der Waals surface area (Å²) in [5.41, 5.74) is 1.04. The van der Waals surface area contributed by atoms with Crippen LogP contribution in [0.15, 0.2) is 36.4 Å². The molecule has 1 aromatic heterocycles. The minimum atomic E-state index is -0.223. The Balaban J connectivity index is 1.10. The van der Waals surface area contributed by atoms with Crippen LogP contribution in [0, 0.1) is 11.8 Å². The van der Waals surface area contributed by atoms with Gasteiger partial charge >= 0.3 is 0 Å². The first-order valence-corrected chi connectivity index (χ1v) is 11.8. The fourth-order valence-electron chi connectivity index (χ4n) is 4.79. The number of carbonyl (C=O) groups excluding carboxylic acids is 3. The molecule has 2 aliphatic heterocycles. The number of hydrogen-bond donors (Lipinski definition) is 0. The Morgan fingerprint density at radius 3 is 2.35 bits per heavy atom. The standard InChI is InChI=1S/C23H26N4O3S/c28-21(9-10-27-22(29)16-5-1-2-6-17(16)23(27)30)26-13-11-25(12-14-26)15-20-24-18-7-3-4-8-19(18)31-20/h1-4,7-8,16-17H,5-6,9-15H2. The number of aromatic nitrogens is 1. The molecule has 3 amide bonds. The van der Waals surface area contributed by atoms with Gasteiger partial charge in [-0.15, -0.1) is 11.3 Å². The van der Waals surface area contributed by atoms with Crippen molar-refractivity contribution >= 4 is 39.3 Å². The second-order valence-corrected chi connectivity index (χ2v) is 9.58. The third-order valence-electron chi connectivity index (χ3n) is 6.57. The van der Waals surface area contributed by atoms with Crippen molar-refractivity contribution in [2.45, 2.75) is 25.8 Å². The molecule has 3 heterocycles. The van der Waals surface area contributed by atoms with Crippen LogP contribution in [0.25, 0.3) is 10.2 Å². The van der Waals surface area contributed by atoms with Gasteiger partial charge in [0.05, 0.1) is 28.6 Å². The molecule has 31 heavy (non-hydrogen) atoms. The van der Waals surface area contributed by atoms with Crippen LogP contribution in [0.5, 0.6) is 0 Å². The van der Waals surface area contributed by atoms with Crippen LogP contribution in [0.1, 0.15) is 24.3 Å². The maximum atomic E-state index is 12.7. The lowest BCUT2D eigenvalue weighted by atomic mass is 9.85. The molecule has 2 aromatic rings. The van der Waals surface area contributed by atoms with Crippen LogP contribution >= 0.6 is 11.3 Å².